The Morgan fingerprint density at radius 2 is 1.93 bits per heavy atom. The molecule has 1 aromatic rings. The van der Waals surface area contributed by atoms with Crippen LogP contribution in [0.5, 0.6) is 11.5 Å². The molecule has 1 atom stereocenters. The number of methoxy groups -OCH3 is 2. The van der Waals surface area contributed by atoms with Gasteiger partial charge in [-0.05, 0) is 44.5 Å². The van der Waals surface area contributed by atoms with Crippen LogP contribution in [-0.4, -0.2) is 61.6 Å². The van der Waals surface area contributed by atoms with Gasteiger partial charge in [-0.1, -0.05) is 13.0 Å². The molecule has 0 radical (unpaired) electrons. The van der Waals surface area contributed by atoms with E-state index in [-0.39, 0.29) is 17.4 Å². The Morgan fingerprint density at radius 3 is 2.57 bits per heavy atom. The van der Waals surface area contributed by atoms with E-state index >= 15 is 0 Å². The van der Waals surface area contributed by atoms with Gasteiger partial charge in [-0.15, -0.1) is 0 Å². The second-order valence-corrected chi connectivity index (χ2v) is 8.02. The zero-order valence-electron chi connectivity index (χ0n) is 17.4. The average molecular weight is 386 g/mol. The fraction of sp³-hybridized carbons (Fsp3) is 0.591. The maximum atomic E-state index is 13.1. The molecule has 152 valence electrons. The highest BCUT2D eigenvalue weighted by molar-refractivity contribution is 5.82. The maximum absolute atomic E-state index is 13.1. The third-order valence-corrected chi connectivity index (χ3v) is 6.59. The molecule has 3 heterocycles. The third kappa shape index (κ3) is 2.85. The summed E-state index contributed by atoms with van der Waals surface area (Å²) in [5, 5.41) is 3.47. The van der Waals surface area contributed by atoms with E-state index in [1.165, 1.54) is 16.8 Å². The summed E-state index contributed by atoms with van der Waals surface area (Å²) in [7, 11) is 3.39. The molecule has 2 fully saturated rings. The molecule has 6 nitrogen and oxygen atoms in total. The number of fused-ring (bicyclic) bond motifs is 3. The molecular weight excluding hydrogens is 354 g/mol. The van der Waals surface area contributed by atoms with Crippen LogP contribution in [0, 0.1) is 0 Å². The van der Waals surface area contributed by atoms with Gasteiger partial charge >= 0.3 is 0 Å². The second kappa shape index (κ2) is 7.32. The molecule has 6 heteroatoms. The number of amides is 1. The zero-order valence-corrected chi connectivity index (χ0v) is 17.4. The van der Waals surface area contributed by atoms with Crippen molar-refractivity contribution in [3.8, 4) is 11.5 Å². The lowest BCUT2D eigenvalue weighted by molar-refractivity contribution is -0.144. The lowest BCUT2D eigenvalue weighted by Gasteiger charge is -2.54. The molecule has 3 aliphatic heterocycles. The first-order valence-electron chi connectivity index (χ1n) is 10.3. The van der Waals surface area contributed by atoms with Gasteiger partial charge in [0.05, 0.1) is 26.3 Å². The number of hydrogen-bond donors (Lipinski definition) is 1. The largest absolute Gasteiger partial charge is 0.497 e. The van der Waals surface area contributed by atoms with Crippen LogP contribution in [0.15, 0.2) is 23.9 Å². The van der Waals surface area contributed by atoms with Crippen LogP contribution in [0.1, 0.15) is 43.7 Å². The van der Waals surface area contributed by atoms with Crippen LogP contribution in [0.3, 0.4) is 0 Å². The number of nitrogens with one attached hydrogen (secondary N) is 1. The van der Waals surface area contributed by atoms with Gasteiger partial charge in [0, 0.05) is 36.3 Å². The molecule has 28 heavy (non-hydrogen) atoms. The van der Waals surface area contributed by atoms with Crippen molar-refractivity contribution in [3.63, 3.8) is 0 Å². The summed E-state index contributed by atoms with van der Waals surface area (Å²) in [5.41, 5.74) is 3.48. The Kier molecular flexibility index (Phi) is 5.00. The van der Waals surface area contributed by atoms with Crippen molar-refractivity contribution in [3.05, 3.63) is 35.0 Å². The molecular formula is C22H31N3O3. The highest BCUT2D eigenvalue weighted by atomic mass is 16.5. The minimum absolute atomic E-state index is 0.203. The molecule has 1 spiro atoms. The first-order chi connectivity index (χ1) is 13.5. The second-order valence-electron chi connectivity index (χ2n) is 8.02. The summed E-state index contributed by atoms with van der Waals surface area (Å²) in [4.78, 5) is 17.5. The van der Waals surface area contributed by atoms with Crippen LogP contribution in [0.25, 0.3) is 0 Å². The molecule has 1 N–H and O–H groups in total. The summed E-state index contributed by atoms with van der Waals surface area (Å²) < 4.78 is 11.2. The number of piperazine rings is 1. The Morgan fingerprint density at radius 1 is 1.18 bits per heavy atom. The first kappa shape index (κ1) is 19.1. The van der Waals surface area contributed by atoms with E-state index in [2.05, 4.69) is 41.1 Å². The Labute approximate surface area is 167 Å². The van der Waals surface area contributed by atoms with E-state index in [0.29, 0.717) is 13.1 Å². The molecule has 0 bridgehead atoms. The van der Waals surface area contributed by atoms with Crippen LogP contribution in [0.2, 0.25) is 0 Å². The van der Waals surface area contributed by atoms with Crippen molar-refractivity contribution in [2.24, 2.45) is 0 Å². The Balaban J connectivity index is 1.85. The summed E-state index contributed by atoms with van der Waals surface area (Å²) in [6.45, 7) is 8.09. The minimum atomic E-state index is -0.205. The van der Waals surface area contributed by atoms with Crippen molar-refractivity contribution in [1.82, 2.24) is 15.1 Å². The van der Waals surface area contributed by atoms with Crippen LogP contribution in [-0.2, 0) is 11.3 Å². The molecule has 0 aliphatic carbocycles. The molecule has 0 saturated carbocycles. The number of ether oxygens (including phenoxy) is 2. The standard InChI is InChI=1S/C22H31N3O3/c1-5-25-20(26)14-24-13-16-11-17(27-3)12-18(28-4)21(16)15(2)10-19(24)22(25)6-8-23-9-7-22/h10-12,15,23H,5-9,13-14H2,1-4H3/t15-/m0/s1. The van der Waals surface area contributed by atoms with Crippen molar-refractivity contribution in [2.45, 2.75) is 44.7 Å². The smallest absolute Gasteiger partial charge is 0.242 e. The van der Waals surface area contributed by atoms with E-state index in [9.17, 15) is 4.79 Å². The number of rotatable bonds is 3. The van der Waals surface area contributed by atoms with Gasteiger partial charge in [0.1, 0.15) is 11.5 Å². The summed E-state index contributed by atoms with van der Waals surface area (Å²) >= 11 is 0. The van der Waals surface area contributed by atoms with Gasteiger partial charge < -0.3 is 24.6 Å². The van der Waals surface area contributed by atoms with Crippen LogP contribution >= 0.6 is 0 Å². The predicted molar refractivity (Wildman–Crippen MR) is 109 cm³/mol. The van der Waals surface area contributed by atoms with Gasteiger partial charge in [-0.3, -0.25) is 4.79 Å². The topological polar surface area (TPSA) is 54.0 Å². The highest BCUT2D eigenvalue weighted by Gasteiger charge is 2.49. The predicted octanol–water partition coefficient (Wildman–Crippen LogP) is 2.49. The maximum Gasteiger partial charge on any atom is 0.242 e. The number of carbonyl (C=O) groups is 1. The number of benzene rings is 1. The Bertz CT molecular complexity index is 798. The molecule has 1 amide bonds. The minimum Gasteiger partial charge on any atom is -0.497 e. The number of carbonyl (C=O) groups excluding carboxylic acids is 1. The number of nitrogens with zero attached hydrogens (tertiary/aromatic N) is 2. The van der Waals surface area contributed by atoms with Gasteiger partial charge in [0.2, 0.25) is 5.91 Å². The highest BCUT2D eigenvalue weighted by Crippen LogP contribution is 2.45. The van der Waals surface area contributed by atoms with Gasteiger partial charge in [-0.2, -0.15) is 0 Å². The number of allylic oxidation sites excluding steroid dienone is 1. The molecule has 3 aliphatic rings. The zero-order chi connectivity index (χ0) is 19.9. The third-order valence-electron chi connectivity index (χ3n) is 6.59. The monoisotopic (exact) mass is 385 g/mol. The quantitative estimate of drug-likeness (QED) is 0.866. The molecule has 1 aromatic carbocycles. The molecule has 4 rings (SSSR count). The molecule has 0 unspecified atom stereocenters. The van der Waals surface area contributed by atoms with E-state index in [1.807, 2.05) is 6.07 Å². The van der Waals surface area contributed by atoms with Crippen LogP contribution < -0.4 is 14.8 Å². The summed E-state index contributed by atoms with van der Waals surface area (Å²) in [6, 6.07) is 4.05. The average Bonchev–Trinajstić information content (AvgIpc) is 2.84. The number of hydrogen-bond acceptors (Lipinski definition) is 5. The van der Waals surface area contributed by atoms with E-state index in [4.69, 9.17) is 9.47 Å². The number of likely N-dealkylation sites (N-methyl/N-ethyl adjacent to an activating group) is 1. The van der Waals surface area contributed by atoms with Crippen LogP contribution in [0.4, 0.5) is 0 Å². The molecule has 0 aromatic heterocycles. The summed E-state index contributed by atoms with van der Waals surface area (Å²) in [6.07, 6.45) is 4.29. The lowest BCUT2D eigenvalue weighted by atomic mass is 9.79. The summed E-state index contributed by atoms with van der Waals surface area (Å²) in [5.74, 6) is 2.08. The lowest BCUT2D eigenvalue weighted by Crippen LogP contribution is -2.65. The normalized spacial score (nSPS) is 23.6. The van der Waals surface area contributed by atoms with Gasteiger partial charge in [-0.25, -0.2) is 0 Å². The SMILES string of the molecule is CCN1C(=O)CN2Cc3cc(OC)cc(OC)c3[C@@H](C)C=C2C12CCNCC2. The van der Waals surface area contributed by atoms with Gasteiger partial charge in [0.25, 0.3) is 0 Å². The first-order valence-corrected chi connectivity index (χ1v) is 10.3. The fourth-order valence-corrected chi connectivity index (χ4v) is 5.37. The number of piperidine rings is 1. The van der Waals surface area contributed by atoms with E-state index in [1.54, 1.807) is 14.2 Å². The van der Waals surface area contributed by atoms with Crippen molar-refractivity contribution >= 4 is 5.91 Å². The van der Waals surface area contributed by atoms with Crippen molar-refractivity contribution in [1.29, 1.82) is 0 Å². The molecule has 2 saturated heterocycles. The van der Waals surface area contributed by atoms with E-state index < -0.39 is 0 Å². The van der Waals surface area contributed by atoms with Crippen molar-refractivity contribution < 1.29 is 14.3 Å². The van der Waals surface area contributed by atoms with Crippen molar-refractivity contribution in [2.75, 3.05) is 40.4 Å². The Hall–Kier alpha value is -2.21. The van der Waals surface area contributed by atoms with Gasteiger partial charge in [0.15, 0.2) is 0 Å². The fourth-order valence-electron chi connectivity index (χ4n) is 5.37. The van der Waals surface area contributed by atoms with E-state index in [0.717, 1.165) is 44.0 Å².